The first kappa shape index (κ1) is 11.6. The van der Waals surface area contributed by atoms with Gasteiger partial charge in [0.25, 0.3) is 0 Å². The predicted octanol–water partition coefficient (Wildman–Crippen LogP) is 1.55. The lowest BCUT2D eigenvalue weighted by Gasteiger charge is -2.07. The van der Waals surface area contributed by atoms with Crippen molar-refractivity contribution in [3.05, 3.63) is 34.9 Å². The molecule has 3 N–H and O–H groups in total. The van der Waals surface area contributed by atoms with Crippen LogP contribution in [0.1, 0.15) is 22.8 Å². The normalized spacial score (nSPS) is 12.5. The fourth-order valence-corrected chi connectivity index (χ4v) is 1.32. The van der Waals surface area contributed by atoms with Gasteiger partial charge < -0.3 is 10.8 Å². The number of carbonyl (C=O) groups is 1. The summed E-state index contributed by atoms with van der Waals surface area (Å²) >= 11 is 0. The molecular formula is C10H11F2NO2. The SMILES string of the molecule is CC(N)Cc1cc(F)c(C(=O)O)c(F)c1. The predicted molar refractivity (Wildman–Crippen MR) is 50.7 cm³/mol. The minimum Gasteiger partial charge on any atom is -0.477 e. The highest BCUT2D eigenvalue weighted by molar-refractivity contribution is 5.88. The summed E-state index contributed by atoms with van der Waals surface area (Å²) in [6, 6.07) is 1.76. The van der Waals surface area contributed by atoms with Crippen molar-refractivity contribution in [3.63, 3.8) is 0 Å². The Labute approximate surface area is 85.5 Å². The highest BCUT2D eigenvalue weighted by atomic mass is 19.1. The van der Waals surface area contributed by atoms with E-state index in [1.807, 2.05) is 0 Å². The molecule has 1 aromatic carbocycles. The van der Waals surface area contributed by atoms with Crippen molar-refractivity contribution in [2.45, 2.75) is 19.4 Å². The molecule has 0 aliphatic carbocycles. The first-order chi connectivity index (χ1) is 6.91. The summed E-state index contributed by atoms with van der Waals surface area (Å²) in [5.41, 5.74) is 4.89. The van der Waals surface area contributed by atoms with E-state index in [-0.39, 0.29) is 6.04 Å². The Morgan fingerprint density at radius 2 is 1.93 bits per heavy atom. The third kappa shape index (κ3) is 2.73. The van der Waals surface area contributed by atoms with Crippen molar-refractivity contribution < 1.29 is 18.7 Å². The van der Waals surface area contributed by atoms with E-state index in [9.17, 15) is 13.6 Å². The molecule has 0 spiro atoms. The van der Waals surface area contributed by atoms with E-state index in [2.05, 4.69) is 0 Å². The maximum atomic E-state index is 13.2. The molecule has 0 aliphatic rings. The number of aromatic carboxylic acids is 1. The number of benzene rings is 1. The number of carboxylic acids is 1. The summed E-state index contributed by atoms with van der Waals surface area (Å²) in [5.74, 6) is -3.76. The summed E-state index contributed by atoms with van der Waals surface area (Å²) in [6.45, 7) is 1.70. The van der Waals surface area contributed by atoms with Gasteiger partial charge in [0.15, 0.2) is 0 Å². The second kappa shape index (κ2) is 4.35. The summed E-state index contributed by atoms with van der Waals surface area (Å²) < 4.78 is 26.3. The molecule has 15 heavy (non-hydrogen) atoms. The van der Waals surface area contributed by atoms with Crippen molar-refractivity contribution in [2.75, 3.05) is 0 Å². The minimum absolute atomic E-state index is 0.237. The summed E-state index contributed by atoms with van der Waals surface area (Å²) in [5, 5.41) is 8.51. The molecule has 1 atom stereocenters. The van der Waals surface area contributed by atoms with Gasteiger partial charge >= 0.3 is 5.97 Å². The molecule has 1 rings (SSSR count). The lowest BCUT2D eigenvalue weighted by molar-refractivity contribution is 0.0686. The third-order valence-corrected chi connectivity index (χ3v) is 1.87. The number of halogens is 2. The number of hydrogen-bond acceptors (Lipinski definition) is 2. The lowest BCUT2D eigenvalue weighted by Crippen LogP contribution is -2.18. The van der Waals surface area contributed by atoms with Gasteiger partial charge in [-0.3, -0.25) is 0 Å². The van der Waals surface area contributed by atoms with Gasteiger partial charge in [-0.2, -0.15) is 0 Å². The van der Waals surface area contributed by atoms with Crippen LogP contribution in [0.2, 0.25) is 0 Å². The maximum Gasteiger partial charge on any atom is 0.341 e. The molecule has 0 aromatic heterocycles. The first-order valence-corrected chi connectivity index (χ1v) is 4.38. The van der Waals surface area contributed by atoms with Crippen molar-refractivity contribution >= 4 is 5.97 Å². The van der Waals surface area contributed by atoms with Gasteiger partial charge in [0.05, 0.1) is 0 Å². The molecule has 0 saturated heterocycles. The molecule has 0 aliphatic heterocycles. The van der Waals surface area contributed by atoms with Gasteiger partial charge in [-0.1, -0.05) is 0 Å². The van der Waals surface area contributed by atoms with Gasteiger partial charge in [-0.15, -0.1) is 0 Å². The number of hydrogen-bond donors (Lipinski definition) is 2. The summed E-state index contributed by atoms with van der Waals surface area (Å²) in [4.78, 5) is 10.5. The largest absolute Gasteiger partial charge is 0.477 e. The second-order valence-corrected chi connectivity index (χ2v) is 3.42. The van der Waals surface area contributed by atoms with Crippen molar-refractivity contribution in [2.24, 2.45) is 5.73 Å². The van der Waals surface area contributed by atoms with Crippen LogP contribution in [-0.2, 0) is 6.42 Å². The Morgan fingerprint density at radius 3 is 2.27 bits per heavy atom. The van der Waals surface area contributed by atoms with Crippen LogP contribution < -0.4 is 5.73 Å². The molecule has 1 aromatic rings. The van der Waals surface area contributed by atoms with Crippen LogP contribution >= 0.6 is 0 Å². The van der Waals surface area contributed by atoms with Crippen LogP contribution in [0.4, 0.5) is 8.78 Å². The summed E-state index contributed by atoms with van der Waals surface area (Å²) in [7, 11) is 0. The van der Waals surface area contributed by atoms with E-state index in [4.69, 9.17) is 10.8 Å². The van der Waals surface area contributed by atoms with Crippen molar-refractivity contribution in [1.29, 1.82) is 0 Å². The highest BCUT2D eigenvalue weighted by Gasteiger charge is 2.17. The van der Waals surface area contributed by atoms with E-state index < -0.39 is 23.2 Å². The Bertz CT molecular complexity index is 368. The molecule has 0 amide bonds. The van der Waals surface area contributed by atoms with E-state index >= 15 is 0 Å². The molecule has 82 valence electrons. The Hall–Kier alpha value is -1.49. The van der Waals surface area contributed by atoms with Gasteiger partial charge in [0, 0.05) is 6.04 Å². The van der Waals surface area contributed by atoms with Gasteiger partial charge in [-0.25, -0.2) is 13.6 Å². The zero-order valence-corrected chi connectivity index (χ0v) is 8.13. The van der Waals surface area contributed by atoms with Gasteiger partial charge in [0.1, 0.15) is 17.2 Å². The van der Waals surface area contributed by atoms with E-state index in [0.29, 0.717) is 12.0 Å². The molecule has 0 bridgehead atoms. The zero-order valence-electron chi connectivity index (χ0n) is 8.13. The average Bonchev–Trinajstić information content (AvgIpc) is 1.99. The quantitative estimate of drug-likeness (QED) is 0.804. The third-order valence-electron chi connectivity index (χ3n) is 1.87. The number of carboxylic acid groups (broad SMARTS) is 1. The van der Waals surface area contributed by atoms with Crippen LogP contribution in [0.25, 0.3) is 0 Å². The van der Waals surface area contributed by atoms with Crippen LogP contribution in [0.15, 0.2) is 12.1 Å². The minimum atomic E-state index is -1.61. The molecule has 3 nitrogen and oxygen atoms in total. The maximum absolute atomic E-state index is 13.2. The second-order valence-electron chi connectivity index (χ2n) is 3.42. The highest BCUT2D eigenvalue weighted by Crippen LogP contribution is 2.16. The first-order valence-electron chi connectivity index (χ1n) is 4.38. The monoisotopic (exact) mass is 215 g/mol. The van der Waals surface area contributed by atoms with E-state index in [1.165, 1.54) is 0 Å². The standard InChI is InChI=1S/C10H11F2NO2/c1-5(13)2-6-3-7(11)9(10(14)15)8(12)4-6/h3-5H,2,13H2,1H3,(H,14,15). The molecule has 5 heteroatoms. The molecule has 0 saturated carbocycles. The molecule has 0 fully saturated rings. The van der Waals surface area contributed by atoms with E-state index in [1.54, 1.807) is 6.92 Å². The fraction of sp³-hybridized carbons (Fsp3) is 0.300. The van der Waals surface area contributed by atoms with Crippen LogP contribution in [-0.4, -0.2) is 17.1 Å². The van der Waals surface area contributed by atoms with E-state index in [0.717, 1.165) is 12.1 Å². The smallest absolute Gasteiger partial charge is 0.341 e. The van der Waals surface area contributed by atoms with Gasteiger partial charge in [0.2, 0.25) is 0 Å². The fourth-order valence-electron chi connectivity index (χ4n) is 1.32. The van der Waals surface area contributed by atoms with Crippen LogP contribution in [0, 0.1) is 11.6 Å². The zero-order chi connectivity index (χ0) is 11.6. The van der Waals surface area contributed by atoms with Crippen LogP contribution in [0.3, 0.4) is 0 Å². The lowest BCUT2D eigenvalue weighted by atomic mass is 10.0. The Balaban J connectivity index is 3.14. The summed E-state index contributed by atoms with van der Waals surface area (Å²) in [6.07, 6.45) is 0.299. The van der Waals surface area contributed by atoms with Gasteiger partial charge in [-0.05, 0) is 31.0 Å². The molecule has 0 heterocycles. The number of rotatable bonds is 3. The van der Waals surface area contributed by atoms with Crippen molar-refractivity contribution in [1.82, 2.24) is 0 Å². The Kier molecular flexibility index (Phi) is 3.36. The average molecular weight is 215 g/mol. The molecular weight excluding hydrogens is 204 g/mol. The molecule has 0 radical (unpaired) electrons. The number of nitrogens with two attached hydrogens (primary N) is 1. The van der Waals surface area contributed by atoms with Crippen LogP contribution in [0.5, 0.6) is 0 Å². The topological polar surface area (TPSA) is 63.3 Å². The van der Waals surface area contributed by atoms with Crippen molar-refractivity contribution in [3.8, 4) is 0 Å². The Morgan fingerprint density at radius 1 is 1.47 bits per heavy atom. The molecule has 1 unspecified atom stereocenters.